The Hall–Kier alpha value is -0.725. The highest BCUT2D eigenvalue weighted by Gasteiger charge is 2.57. The lowest BCUT2D eigenvalue weighted by Gasteiger charge is -2.34. The van der Waals surface area contributed by atoms with Crippen molar-refractivity contribution in [3.05, 3.63) is 0 Å². The molecule has 0 saturated carbocycles. The van der Waals surface area contributed by atoms with Gasteiger partial charge in [-0.3, -0.25) is 13.2 Å². The standard InChI is InChI=1S/C14H27BO10S2/c1-5-6-7-21-12-11(24-10(2)16)13(15)25-14(12,8-22-26(3,17)18)9-23-27(4,19)20/h11-13H,5-9,15H2,1-4H3/t11-,12+,13-/m1/s1. The normalized spacial score (nSPS) is 25.4. The predicted molar refractivity (Wildman–Crippen MR) is 97.9 cm³/mol. The van der Waals surface area contributed by atoms with Crippen LogP contribution in [0, 0.1) is 0 Å². The minimum atomic E-state index is -3.86. The van der Waals surface area contributed by atoms with E-state index in [1.165, 1.54) is 6.92 Å². The van der Waals surface area contributed by atoms with Crippen molar-refractivity contribution in [2.75, 3.05) is 32.3 Å². The van der Waals surface area contributed by atoms with Crippen LogP contribution in [0.4, 0.5) is 0 Å². The fourth-order valence-electron chi connectivity index (χ4n) is 2.69. The Morgan fingerprint density at radius 2 is 1.63 bits per heavy atom. The molecule has 0 N–H and O–H groups in total. The maximum atomic E-state index is 11.5. The number of ether oxygens (including phenoxy) is 3. The van der Waals surface area contributed by atoms with Gasteiger partial charge in [-0.15, -0.1) is 0 Å². The van der Waals surface area contributed by atoms with Gasteiger partial charge >= 0.3 is 5.97 Å². The molecule has 0 unspecified atom stereocenters. The highest BCUT2D eigenvalue weighted by molar-refractivity contribution is 7.86. The van der Waals surface area contributed by atoms with Crippen molar-refractivity contribution in [2.45, 2.75) is 50.5 Å². The van der Waals surface area contributed by atoms with Gasteiger partial charge in [0.15, 0.2) is 0 Å². The Morgan fingerprint density at radius 1 is 1.11 bits per heavy atom. The second-order valence-corrected chi connectivity index (χ2v) is 9.83. The number of rotatable bonds is 11. The maximum Gasteiger partial charge on any atom is 0.303 e. The van der Waals surface area contributed by atoms with E-state index in [0.29, 0.717) is 6.42 Å². The Balaban J connectivity index is 3.22. The molecule has 0 radical (unpaired) electrons. The maximum absolute atomic E-state index is 11.5. The number of carbonyl (C=O) groups excluding carboxylic acids is 1. The van der Waals surface area contributed by atoms with E-state index < -0.39 is 63.2 Å². The van der Waals surface area contributed by atoms with E-state index in [4.69, 9.17) is 22.6 Å². The fraction of sp³-hybridized carbons (Fsp3) is 0.929. The third-order valence-corrected chi connectivity index (χ3v) is 4.92. The molecule has 13 heteroatoms. The van der Waals surface area contributed by atoms with Crippen molar-refractivity contribution in [1.82, 2.24) is 0 Å². The van der Waals surface area contributed by atoms with Crippen molar-refractivity contribution in [3.63, 3.8) is 0 Å². The van der Waals surface area contributed by atoms with Crippen LogP contribution < -0.4 is 0 Å². The van der Waals surface area contributed by atoms with Gasteiger partial charge in [0.05, 0.1) is 18.5 Å². The molecule has 3 atom stereocenters. The van der Waals surface area contributed by atoms with Gasteiger partial charge in [-0.1, -0.05) is 13.3 Å². The summed E-state index contributed by atoms with van der Waals surface area (Å²) < 4.78 is 72.6. The van der Waals surface area contributed by atoms with Gasteiger partial charge < -0.3 is 14.2 Å². The zero-order chi connectivity index (χ0) is 20.9. The molecular formula is C14H27BO10S2. The predicted octanol–water partition coefficient (Wildman–Crippen LogP) is -1.22. The van der Waals surface area contributed by atoms with E-state index in [9.17, 15) is 21.6 Å². The molecule has 0 aliphatic carbocycles. The number of esters is 1. The smallest absolute Gasteiger partial charge is 0.303 e. The molecular weight excluding hydrogens is 403 g/mol. The first-order chi connectivity index (χ1) is 12.3. The Kier molecular flexibility index (Phi) is 8.69. The molecule has 1 aliphatic rings. The van der Waals surface area contributed by atoms with Crippen LogP contribution in [0.15, 0.2) is 0 Å². The summed E-state index contributed by atoms with van der Waals surface area (Å²) in [5, 5.41) is 0. The summed E-state index contributed by atoms with van der Waals surface area (Å²) in [5.41, 5.74) is -1.60. The molecule has 0 aromatic heterocycles. The van der Waals surface area contributed by atoms with Gasteiger partial charge in [0.25, 0.3) is 20.2 Å². The number of hydrogen-bond donors (Lipinski definition) is 0. The van der Waals surface area contributed by atoms with Crippen LogP contribution >= 0.6 is 0 Å². The topological polar surface area (TPSA) is 132 Å². The van der Waals surface area contributed by atoms with Gasteiger partial charge in [-0.2, -0.15) is 16.8 Å². The van der Waals surface area contributed by atoms with Crippen LogP contribution in [-0.2, 0) is 47.6 Å². The molecule has 158 valence electrons. The van der Waals surface area contributed by atoms with E-state index in [-0.39, 0.29) is 6.61 Å². The van der Waals surface area contributed by atoms with Gasteiger partial charge in [-0.25, -0.2) is 0 Å². The zero-order valence-corrected chi connectivity index (χ0v) is 17.8. The van der Waals surface area contributed by atoms with Crippen LogP contribution in [0.3, 0.4) is 0 Å². The minimum Gasteiger partial charge on any atom is -0.458 e. The summed E-state index contributed by atoms with van der Waals surface area (Å²) >= 11 is 0. The van der Waals surface area contributed by atoms with Crippen LogP contribution in [-0.4, -0.2) is 86.8 Å². The number of unbranched alkanes of at least 4 members (excludes halogenated alkanes) is 1. The molecule has 1 saturated heterocycles. The van der Waals surface area contributed by atoms with Crippen molar-refractivity contribution in [3.8, 4) is 0 Å². The molecule has 0 spiro atoms. The van der Waals surface area contributed by atoms with E-state index >= 15 is 0 Å². The van der Waals surface area contributed by atoms with Crippen LogP contribution in [0.25, 0.3) is 0 Å². The highest BCUT2D eigenvalue weighted by Crippen LogP contribution is 2.36. The lowest BCUT2D eigenvalue weighted by molar-refractivity contribution is -0.158. The summed E-state index contributed by atoms with van der Waals surface area (Å²) in [6.07, 6.45) is 1.36. The van der Waals surface area contributed by atoms with Crippen LogP contribution in [0.1, 0.15) is 26.7 Å². The molecule has 1 aliphatic heterocycles. The summed E-state index contributed by atoms with van der Waals surface area (Å²) in [4.78, 5) is 11.5. The molecule has 27 heavy (non-hydrogen) atoms. The third-order valence-electron chi connectivity index (χ3n) is 3.83. The number of hydrogen-bond acceptors (Lipinski definition) is 10. The second-order valence-electron chi connectivity index (χ2n) is 6.54. The quantitative estimate of drug-likeness (QED) is 0.170. The van der Waals surface area contributed by atoms with Gasteiger partial charge in [0.2, 0.25) is 0 Å². The largest absolute Gasteiger partial charge is 0.458 e. The first kappa shape index (κ1) is 24.3. The first-order valence-corrected chi connectivity index (χ1v) is 12.1. The molecule has 1 heterocycles. The van der Waals surface area contributed by atoms with Crippen molar-refractivity contribution >= 4 is 34.1 Å². The van der Waals surface area contributed by atoms with Crippen molar-refractivity contribution < 1.29 is 44.2 Å². The summed E-state index contributed by atoms with van der Waals surface area (Å²) in [6.45, 7) is 2.33. The Bertz CT molecular complexity index is 669. The summed E-state index contributed by atoms with van der Waals surface area (Å²) in [6, 6.07) is -0.702. The highest BCUT2D eigenvalue weighted by atomic mass is 32.2. The Morgan fingerprint density at radius 3 is 2.04 bits per heavy atom. The van der Waals surface area contributed by atoms with Crippen molar-refractivity contribution in [2.24, 2.45) is 0 Å². The number of carbonyl (C=O) groups is 1. The monoisotopic (exact) mass is 430 g/mol. The van der Waals surface area contributed by atoms with Crippen molar-refractivity contribution in [1.29, 1.82) is 0 Å². The lowest BCUT2D eigenvalue weighted by atomic mass is 9.89. The third kappa shape index (κ3) is 8.04. The molecule has 0 bridgehead atoms. The van der Waals surface area contributed by atoms with Crippen LogP contribution in [0.5, 0.6) is 0 Å². The van der Waals surface area contributed by atoms with E-state index in [1.54, 1.807) is 7.85 Å². The molecule has 1 rings (SSSR count). The van der Waals surface area contributed by atoms with E-state index in [0.717, 1.165) is 18.9 Å². The fourth-order valence-corrected chi connectivity index (χ4v) is 3.52. The molecule has 1 fully saturated rings. The average molecular weight is 430 g/mol. The van der Waals surface area contributed by atoms with Gasteiger partial charge in [-0.05, 0) is 6.42 Å². The van der Waals surface area contributed by atoms with Crippen LogP contribution in [0.2, 0.25) is 0 Å². The Labute approximate surface area is 161 Å². The van der Waals surface area contributed by atoms with Gasteiger partial charge in [0, 0.05) is 13.5 Å². The molecule has 10 nitrogen and oxygen atoms in total. The molecule has 0 amide bonds. The average Bonchev–Trinajstić information content (AvgIpc) is 2.75. The van der Waals surface area contributed by atoms with E-state index in [1.807, 2.05) is 6.92 Å². The first-order valence-electron chi connectivity index (χ1n) is 8.45. The summed E-state index contributed by atoms with van der Waals surface area (Å²) in [7, 11) is -6.11. The van der Waals surface area contributed by atoms with Gasteiger partial charge in [0.1, 0.15) is 38.9 Å². The molecule has 0 aromatic carbocycles. The molecule has 0 aromatic rings. The second kappa shape index (κ2) is 9.66. The summed E-state index contributed by atoms with van der Waals surface area (Å²) in [5.74, 6) is -0.580. The lowest BCUT2D eigenvalue weighted by Crippen LogP contribution is -2.53. The van der Waals surface area contributed by atoms with E-state index in [2.05, 4.69) is 0 Å². The SMILES string of the molecule is B[C@@H]1OC(COS(C)(=O)=O)(COS(C)(=O)=O)[C@@H](OCCCC)[C@H]1OC(C)=O. The zero-order valence-electron chi connectivity index (χ0n) is 16.2. The minimum absolute atomic E-state index is 0.272.